The molecule has 0 saturated carbocycles. The summed E-state index contributed by atoms with van der Waals surface area (Å²) in [6, 6.07) is 14.1. The highest BCUT2D eigenvalue weighted by molar-refractivity contribution is 6.24. The normalized spacial score (nSPS) is 16.9. The molecule has 7 rings (SSSR count). The topological polar surface area (TPSA) is 171 Å². The number of para-hydroxylation sites is 2. The van der Waals surface area contributed by atoms with Gasteiger partial charge in [-0.25, -0.2) is 0 Å². The zero-order valence-electron chi connectivity index (χ0n) is 27.5. The van der Waals surface area contributed by atoms with Gasteiger partial charge in [0.15, 0.2) is 11.5 Å². The van der Waals surface area contributed by atoms with Crippen LogP contribution in [0.15, 0.2) is 80.8 Å². The number of ether oxygens (including phenoxy) is 2. The molecule has 2 aliphatic heterocycles. The Hall–Kier alpha value is -5.78. The van der Waals surface area contributed by atoms with Crippen LogP contribution in [0.2, 0.25) is 0 Å². The number of hydrogen-bond acceptors (Lipinski definition) is 10. The smallest absolute Gasteiger partial charge is 0.306 e. The van der Waals surface area contributed by atoms with Crippen LogP contribution in [0.3, 0.4) is 0 Å². The van der Waals surface area contributed by atoms with Crippen LogP contribution in [0, 0.1) is 0 Å². The Balaban J connectivity index is 1.40. The van der Waals surface area contributed by atoms with Crippen LogP contribution in [-0.4, -0.2) is 57.1 Å². The largest absolute Gasteiger partial charge is 0.504 e. The maximum atomic E-state index is 14.2. The molecule has 0 bridgehead atoms. The minimum Gasteiger partial charge on any atom is -0.504 e. The first-order valence-corrected chi connectivity index (χ1v) is 16.5. The number of carbonyl (C=O) groups is 4. The number of benzene rings is 2. The number of pyridine rings is 2. The number of aliphatic hydroxyl groups is 2. The number of methoxy groups -OCH3 is 2. The number of rotatable bonds is 8. The highest BCUT2D eigenvalue weighted by Gasteiger charge is 2.44. The van der Waals surface area contributed by atoms with Gasteiger partial charge in [0.1, 0.15) is 0 Å². The molecule has 12 nitrogen and oxygen atoms in total. The van der Waals surface area contributed by atoms with Crippen molar-refractivity contribution in [2.24, 2.45) is 0 Å². The number of ketones is 2. The van der Waals surface area contributed by atoms with Crippen molar-refractivity contribution in [2.45, 2.75) is 63.5 Å². The van der Waals surface area contributed by atoms with Crippen LogP contribution < -0.4 is 11.1 Å². The minimum atomic E-state index is -1.48. The number of aryl methyl sites for hydroxylation is 4. The van der Waals surface area contributed by atoms with Gasteiger partial charge >= 0.3 is 11.9 Å². The number of hydrogen-bond donors (Lipinski definition) is 2. The predicted octanol–water partition coefficient (Wildman–Crippen LogP) is 3.98. The van der Waals surface area contributed by atoms with Gasteiger partial charge in [0.05, 0.1) is 49.2 Å². The molecule has 1 aliphatic carbocycles. The summed E-state index contributed by atoms with van der Waals surface area (Å²) in [5.41, 5.74) is 0.909. The van der Waals surface area contributed by atoms with Crippen molar-refractivity contribution in [3.8, 4) is 0 Å². The molecular weight excluding hydrogens is 644 g/mol. The third-order valence-electron chi connectivity index (χ3n) is 10.2. The van der Waals surface area contributed by atoms with E-state index in [1.807, 2.05) is 24.3 Å². The van der Waals surface area contributed by atoms with E-state index in [-0.39, 0.29) is 11.1 Å². The summed E-state index contributed by atoms with van der Waals surface area (Å²) in [5.74, 6) is -9.31. The first-order chi connectivity index (χ1) is 24.0. The Morgan fingerprint density at radius 2 is 1.08 bits per heavy atom. The number of Topliss-reactive ketones (excluding diaryl/α,β-unsaturated/α-hetero) is 2. The lowest BCUT2D eigenvalue weighted by atomic mass is 9.75. The van der Waals surface area contributed by atoms with E-state index in [1.54, 1.807) is 21.3 Å². The average molecular weight is 679 g/mol. The second-order valence-corrected chi connectivity index (χ2v) is 12.9. The lowest BCUT2D eigenvalue weighted by Gasteiger charge is -2.28. The molecule has 3 aliphatic rings. The van der Waals surface area contributed by atoms with Crippen LogP contribution in [0.5, 0.6) is 0 Å². The Labute approximate surface area is 284 Å². The van der Waals surface area contributed by atoms with Gasteiger partial charge < -0.3 is 28.8 Å². The van der Waals surface area contributed by atoms with E-state index in [1.165, 1.54) is 12.1 Å². The maximum Gasteiger partial charge on any atom is 0.306 e. The number of aromatic nitrogens is 2. The molecule has 2 atom stereocenters. The zero-order valence-corrected chi connectivity index (χ0v) is 27.5. The SMILES string of the molecule is COC(=O)C[C@H](C1=C(O)C(=O)C([C@H](CC(=O)OC)c2cc3cccc4c3n(c2=O)CCC4)=C(O)C1=O)c1cc2cccc3c2n(c1=O)CCC3. The van der Waals surface area contributed by atoms with Gasteiger partial charge in [-0.2, -0.15) is 0 Å². The van der Waals surface area contributed by atoms with E-state index >= 15 is 0 Å². The summed E-state index contributed by atoms with van der Waals surface area (Å²) in [7, 11) is 2.24. The molecule has 2 aromatic heterocycles. The highest BCUT2D eigenvalue weighted by atomic mass is 16.5. The number of aliphatic hydroxyl groups excluding tert-OH is 2. The standard InChI is InChI=1S/C38H34N2O10/c1-49-27(41)17-23(25-15-21-9-3-7-19-11-5-13-39(31(19)21)37(25)47)29-33(43)35(45)30(36(46)34(29)44)24(18-28(42)50-2)26-16-22-10-4-8-20-12-6-14-40(32(20)22)38(26)48/h3-4,7-10,15-16,23-24,43,46H,5-6,11-14,17-18H2,1-2H3/t23-,24+. The second-order valence-electron chi connectivity index (χ2n) is 12.9. The second kappa shape index (κ2) is 12.6. The van der Waals surface area contributed by atoms with Crippen LogP contribution in [-0.2, 0) is 54.6 Å². The van der Waals surface area contributed by atoms with Crippen molar-refractivity contribution in [3.05, 3.63) is 114 Å². The van der Waals surface area contributed by atoms with Crippen molar-refractivity contribution in [1.29, 1.82) is 0 Å². The zero-order chi connectivity index (χ0) is 35.4. The Morgan fingerprint density at radius 3 is 1.46 bits per heavy atom. The van der Waals surface area contributed by atoms with Crippen molar-refractivity contribution in [1.82, 2.24) is 9.13 Å². The molecule has 12 heteroatoms. The molecule has 0 fully saturated rings. The predicted molar refractivity (Wildman–Crippen MR) is 181 cm³/mol. The van der Waals surface area contributed by atoms with Gasteiger partial charge in [-0.15, -0.1) is 0 Å². The van der Waals surface area contributed by atoms with Crippen LogP contribution >= 0.6 is 0 Å². The van der Waals surface area contributed by atoms with Gasteiger partial charge in [-0.05, 0) is 59.7 Å². The summed E-state index contributed by atoms with van der Waals surface area (Å²) in [4.78, 5) is 82.0. The molecule has 4 aromatic rings. The minimum absolute atomic E-state index is 0.0466. The van der Waals surface area contributed by atoms with E-state index in [0.717, 1.165) is 49.2 Å². The quantitative estimate of drug-likeness (QED) is 0.205. The Morgan fingerprint density at radius 1 is 0.680 bits per heavy atom. The van der Waals surface area contributed by atoms with Crippen LogP contribution in [0.1, 0.15) is 59.8 Å². The molecule has 0 radical (unpaired) electrons. The monoisotopic (exact) mass is 678 g/mol. The van der Waals surface area contributed by atoms with E-state index < -0.39 is 82.0 Å². The molecule has 0 spiro atoms. The van der Waals surface area contributed by atoms with Crippen LogP contribution in [0.25, 0.3) is 21.8 Å². The fourth-order valence-corrected chi connectivity index (χ4v) is 7.87. The van der Waals surface area contributed by atoms with Crippen molar-refractivity contribution < 1.29 is 38.9 Å². The molecule has 256 valence electrons. The lowest BCUT2D eigenvalue weighted by molar-refractivity contribution is -0.142. The third-order valence-corrected chi connectivity index (χ3v) is 10.2. The van der Waals surface area contributed by atoms with Crippen molar-refractivity contribution in [2.75, 3.05) is 14.2 Å². The summed E-state index contributed by atoms with van der Waals surface area (Å²) >= 11 is 0. The third kappa shape index (κ3) is 5.13. The molecule has 0 saturated heterocycles. The maximum absolute atomic E-state index is 14.2. The number of esters is 2. The lowest BCUT2D eigenvalue weighted by Crippen LogP contribution is -2.36. The molecule has 0 unspecified atom stereocenters. The molecule has 2 aromatic carbocycles. The first kappa shape index (κ1) is 32.8. The molecule has 0 amide bonds. The van der Waals surface area contributed by atoms with Gasteiger partial charge in [0.2, 0.25) is 11.6 Å². The summed E-state index contributed by atoms with van der Waals surface area (Å²) in [5, 5.41) is 24.5. The van der Waals surface area contributed by atoms with E-state index in [2.05, 4.69) is 0 Å². The van der Waals surface area contributed by atoms with E-state index in [9.17, 15) is 39.0 Å². The molecule has 2 N–H and O–H groups in total. The Kier molecular flexibility index (Phi) is 8.25. The van der Waals surface area contributed by atoms with Gasteiger partial charge in [-0.1, -0.05) is 36.4 Å². The van der Waals surface area contributed by atoms with Gasteiger partial charge in [0, 0.05) is 36.1 Å². The fraction of sp³-hybridized carbons (Fsp3) is 0.316. The molecule has 50 heavy (non-hydrogen) atoms. The molecule has 4 heterocycles. The van der Waals surface area contributed by atoms with Crippen molar-refractivity contribution in [3.63, 3.8) is 0 Å². The van der Waals surface area contributed by atoms with Gasteiger partial charge in [-0.3, -0.25) is 28.8 Å². The van der Waals surface area contributed by atoms with Crippen LogP contribution in [0.4, 0.5) is 0 Å². The van der Waals surface area contributed by atoms with E-state index in [0.29, 0.717) is 36.7 Å². The van der Waals surface area contributed by atoms with E-state index in [4.69, 9.17) is 9.47 Å². The highest BCUT2D eigenvalue weighted by Crippen LogP contribution is 2.41. The fourth-order valence-electron chi connectivity index (χ4n) is 7.87. The number of allylic oxidation sites excluding steroid dienone is 2. The van der Waals surface area contributed by atoms with Gasteiger partial charge in [0.25, 0.3) is 11.1 Å². The summed E-state index contributed by atoms with van der Waals surface area (Å²) < 4.78 is 12.9. The van der Waals surface area contributed by atoms with Crippen molar-refractivity contribution >= 4 is 45.3 Å². The number of carbonyl (C=O) groups excluding carboxylic acids is 4. The summed E-state index contributed by atoms with van der Waals surface area (Å²) in [6.45, 7) is 0.747. The first-order valence-electron chi connectivity index (χ1n) is 16.5. The molecular formula is C38H34N2O10. The summed E-state index contributed by atoms with van der Waals surface area (Å²) in [6.07, 6.45) is 1.66. The average Bonchev–Trinajstić information content (AvgIpc) is 3.12. The number of nitrogens with zero attached hydrogens (tertiary/aromatic N) is 2. The Bertz CT molecular complexity index is 2190.